The minimum absolute atomic E-state index is 0.153. The van der Waals surface area contributed by atoms with Crippen molar-refractivity contribution in [2.75, 3.05) is 32.1 Å². The predicted molar refractivity (Wildman–Crippen MR) is 69.6 cm³/mol. The van der Waals surface area contributed by atoms with Crippen molar-refractivity contribution in [3.8, 4) is 0 Å². The van der Waals surface area contributed by atoms with E-state index < -0.39 is 0 Å². The third-order valence-electron chi connectivity index (χ3n) is 3.73. The first-order valence-corrected chi connectivity index (χ1v) is 7.53. The van der Waals surface area contributed by atoms with Gasteiger partial charge in [-0.15, -0.1) is 0 Å². The monoisotopic (exact) mass is 256 g/mol. The number of amidine groups is 1. The van der Waals surface area contributed by atoms with E-state index in [1.165, 1.54) is 25.0 Å². The molecular weight excluding hydrogens is 236 g/mol. The minimum Gasteiger partial charge on any atom is -0.376 e. The molecule has 0 amide bonds. The fourth-order valence-corrected chi connectivity index (χ4v) is 3.90. The Morgan fingerprint density at radius 2 is 2.35 bits per heavy atom. The summed E-state index contributed by atoms with van der Waals surface area (Å²) >= 11 is 1.87. The van der Waals surface area contributed by atoms with E-state index in [0.29, 0.717) is 19.3 Å². The largest absolute Gasteiger partial charge is 0.376 e. The van der Waals surface area contributed by atoms with Crippen LogP contribution < -0.4 is 5.32 Å². The van der Waals surface area contributed by atoms with Crippen LogP contribution in [0.25, 0.3) is 0 Å². The van der Waals surface area contributed by atoms with Crippen molar-refractivity contribution in [3.63, 3.8) is 0 Å². The van der Waals surface area contributed by atoms with E-state index in [-0.39, 0.29) is 6.10 Å². The highest BCUT2D eigenvalue weighted by molar-refractivity contribution is 8.13. The molecule has 0 aromatic heterocycles. The van der Waals surface area contributed by atoms with E-state index in [1.807, 2.05) is 11.8 Å². The third-order valence-corrected chi connectivity index (χ3v) is 4.84. The summed E-state index contributed by atoms with van der Waals surface area (Å²) in [5.74, 6) is 2.10. The Kier molecular flexibility index (Phi) is 3.88. The van der Waals surface area contributed by atoms with Gasteiger partial charge < -0.3 is 14.8 Å². The molecule has 2 saturated heterocycles. The summed E-state index contributed by atoms with van der Waals surface area (Å²) in [5, 5.41) is 4.68. The molecule has 3 rings (SSSR count). The van der Waals surface area contributed by atoms with Gasteiger partial charge >= 0.3 is 0 Å². The van der Waals surface area contributed by atoms with Crippen molar-refractivity contribution in [2.45, 2.75) is 31.4 Å². The molecule has 0 aromatic rings. The molecular formula is C12H20N2O2S. The van der Waals surface area contributed by atoms with Gasteiger partial charge in [-0.1, -0.05) is 18.2 Å². The maximum atomic E-state index is 5.59. The van der Waals surface area contributed by atoms with Crippen LogP contribution in [0.1, 0.15) is 19.3 Å². The van der Waals surface area contributed by atoms with Crippen molar-refractivity contribution in [2.24, 2.45) is 10.9 Å². The highest BCUT2D eigenvalue weighted by atomic mass is 32.2. The van der Waals surface area contributed by atoms with Gasteiger partial charge in [-0.25, -0.2) is 0 Å². The molecule has 5 heteroatoms. The summed E-state index contributed by atoms with van der Waals surface area (Å²) < 4.78 is 11.0. The van der Waals surface area contributed by atoms with Crippen LogP contribution in [-0.2, 0) is 9.47 Å². The van der Waals surface area contributed by atoms with Crippen molar-refractivity contribution < 1.29 is 9.47 Å². The fraction of sp³-hybridized carbons (Fsp3) is 0.917. The van der Waals surface area contributed by atoms with E-state index in [9.17, 15) is 0 Å². The first-order valence-electron chi connectivity index (χ1n) is 6.55. The topological polar surface area (TPSA) is 42.9 Å². The quantitative estimate of drug-likeness (QED) is 0.808. The number of hydrogen-bond acceptors (Lipinski definition) is 4. The SMILES string of the molecule is C1CC2CSC(=NCC3COCCO3)NC2C1. The molecule has 3 aliphatic rings. The van der Waals surface area contributed by atoms with Crippen molar-refractivity contribution in [3.05, 3.63) is 0 Å². The Bertz CT molecular complexity index is 292. The van der Waals surface area contributed by atoms with Gasteiger partial charge in [-0.3, -0.25) is 4.99 Å². The molecule has 2 aliphatic heterocycles. The van der Waals surface area contributed by atoms with Gasteiger partial charge in [0.2, 0.25) is 0 Å². The van der Waals surface area contributed by atoms with E-state index in [0.717, 1.165) is 24.2 Å². The molecule has 3 unspecified atom stereocenters. The predicted octanol–water partition coefficient (Wildman–Crippen LogP) is 1.26. The zero-order valence-corrected chi connectivity index (χ0v) is 10.9. The van der Waals surface area contributed by atoms with Crippen LogP contribution in [0, 0.1) is 5.92 Å². The lowest BCUT2D eigenvalue weighted by molar-refractivity contribution is -0.0832. The Morgan fingerprint density at radius 3 is 3.24 bits per heavy atom. The summed E-state index contributed by atoms with van der Waals surface area (Å²) in [4.78, 5) is 4.63. The molecule has 1 N–H and O–H groups in total. The number of nitrogens with zero attached hydrogens (tertiary/aromatic N) is 1. The number of hydrogen-bond donors (Lipinski definition) is 1. The lowest BCUT2D eigenvalue weighted by Gasteiger charge is -2.28. The van der Waals surface area contributed by atoms with Gasteiger partial charge in [0.05, 0.1) is 26.4 Å². The van der Waals surface area contributed by atoms with Crippen LogP contribution in [0.5, 0.6) is 0 Å². The second-order valence-electron chi connectivity index (χ2n) is 4.97. The standard InChI is InChI=1S/C12H20N2O2S/c1-2-9-8-17-12(14-11(9)3-1)13-6-10-7-15-4-5-16-10/h9-11H,1-8H2,(H,13,14). The normalized spacial score (nSPS) is 40.0. The maximum absolute atomic E-state index is 5.59. The lowest BCUT2D eigenvalue weighted by Crippen LogP contribution is -2.42. The summed E-state index contributed by atoms with van der Waals surface area (Å²) in [6.45, 7) is 2.85. The summed E-state index contributed by atoms with van der Waals surface area (Å²) in [7, 11) is 0. The Morgan fingerprint density at radius 1 is 1.35 bits per heavy atom. The maximum Gasteiger partial charge on any atom is 0.156 e. The highest BCUT2D eigenvalue weighted by Crippen LogP contribution is 2.32. The van der Waals surface area contributed by atoms with Crippen LogP contribution in [-0.4, -0.2) is 49.4 Å². The summed E-state index contributed by atoms with van der Waals surface area (Å²) in [6, 6.07) is 0.679. The van der Waals surface area contributed by atoms with Gasteiger partial charge in [0.15, 0.2) is 5.17 Å². The molecule has 0 spiro atoms. The van der Waals surface area contributed by atoms with E-state index in [4.69, 9.17) is 9.47 Å². The van der Waals surface area contributed by atoms with Gasteiger partial charge in [-0.05, 0) is 18.8 Å². The molecule has 0 bridgehead atoms. The zero-order valence-electron chi connectivity index (χ0n) is 10.1. The minimum atomic E-state index is 0.153. The molecule has 3 fully saturated rings. The number of aliphatic imine (C=N–C) groups is 1. The van der Waals surface area contributed by atoms with Crippen LogP contribution in [0.4, 0.5) is 0 Å². The molecule has 0 aromatic carbocycles. The molecule has 1 aliphatic carbocycles. The average Bonchev–Trinajstić information content (AvgIpc) is 2.85. The van der Waals surface area contributed by atoms with Crippen LogP contribution in [0.15, 0.2) is 4.99 Å². The second kappa shape index (κ2) is 5.59. The second-order valence-corrected chi connectivity index (χ2v) is 5.98. The van der Waals surface area contributed by atoms with Crippen molar-refractivity contribution >= 4 is 16.9 Å². The molecule has 17 heavy (non-hydrogen) atoms. The van der Waals surface area contributed by atoms with Crippen LogP contribution >= 0.6 is 11.8 Å². The van der Waals surface area contributed by atoms with Gasteiger partial charge in [-0.2, -0.15) is 0 Å². The Labute approximate surface area is 107 Å². The van der Waals surface area contributed by atoms with Crippen LogP contribution in [0.3, 0.4) is 0 Å². The number of fused-ring (bicyclic) bond motifs is 1. The van der Waals surface area contributed by atoms with Crippen LogP contribution in [0.2, 0.25) is 0 Å². The summed E-state index contributed by atoms with van der Waals surface area (Å²) in [5.41, 5.74) is 0. The molecule has 2 heterocycles. The Hall–Kier alpha value is -0.260. The number of thioether (sulfide) groups is 1. The Balaban J connectivity index is 1.50. The van der Waals surface area contributed by atoms with Gasteiger partial charge in [0.25, 0.3) is 0 Å². The first kappa shape index (κ1) is 11.8. The van der Waals surface area contributed by atoms with Gasteiger partial charge in [0.1, 0.15) is 6.10 Å². The van der Waals surface area contributed by atoms with E-state index in [1.54, 1.807) is 0 Å². The highest BCUT2D eigenvalue weighted by Gasteiger charge is 2.32. The molecule has 4 nitrogen and oxygen atoms in total. The van der Waals surface area contributed by atoms with Crippen molar-refractivity contribution in [1.82, 2.24) is 5.32 Å². The average molecular weight is 256 g/mol. The number of ether oxygens (including phenoxy) is 2. The van der Waals surface area contributed by atoms with Gasteiger partial charge in [0, 0.05) is 11.8 Å². The molecule has 3 atom stereocenters. The first-order chi connectivity index (χ1) is 8.42. The molecule has 0 radical (unpaired) electrons. The summed E-state index contributed by atoms with van der Waals surface area (Å²) in [6.07, 6.45) is 4.22. The fourth-order valence-electron chi connectivity index (χ4n) is 2.73. The van der Waals surface area contributed by atoms with E-state index in [2.05, 4.69) is 10.3 Å². The number of rotatable bonds is 2. The molecule has 1 saturated carbocycles. The zero-order chi connectivity index (χ0) is 11.5. The van der Waals surface area contributed by atoms with Crippen molar-refractivity contribution in [1.29, 1.82) is 0 Å². The third kappa shape index (κ3) is 2.95. The van der Waals surface area contributed by atoms with E-state index >= 15 is 0 Å². The smallest absolute Gasteiger partial charge is 0.156 e. The lowest BCUT2D eigenvalue weighted by atomic mass is 10.1. The molecule has 96 valence electrons. The number of nitrogens with one attached hydrogen (secondary N) is 1.